The van der Waals surface area contributed by atoms with Gasteiger partial charge in [0.15, 0.2) is 6.29 Å². The normalized spacial score (nSPS) is 16.9. The molecule has 2 rings (SSSR count). The first kappa shape index (κ1) is 11.6. The van der Waals surface area contributed by atoms with E-state index in [1.807, 2.05) is 6.07 Å². The van der Waals surface area contributed by atoms with E-state index in [0.717, 1.165) is 29.2 Å². The van der Waals surface area contributed by atoms with Crippen LogP contribution in [0.25, 0.3) is 0 Å². The third-order valence-electron chi connectivity index (χ3n) is 3.09. The number of aldehydes is 1. The van der Waals surface area contributed by atoms with Gasteiger partial charge in [0.25, 0.3) is 0 Å². The van der Waals surface area contributed by atoms with Crippen LogP contribution in [0, 0.1) is 0 Å². The van der Waals surface area contributed by atoms with Crippen LogP contribution >= 0.6 is 15.9 Å². The zero-order valence-electron chi connectivity index (χ0n) is 8.93. The number of hydrogen-bond donors (Lipinski definition) is 0. The van der Waals surface area contributed by atoms with Crippen LogP contribution in [0.1, 0.15) is 28.8 Å². The average Bonchev–Trinajstić information content (AvgIpc) is 3.08. The van der Waals surface area contributed by atoms with E-state index in [1.54, 1.807) is 6.07 Å². The molecule has 0 unspecified atom stereocenters. The summed E-state index contributed by atoms with van der Waals surface area (Å²) in [7, 11) is 1.51. The van der Waals surface area contributed by atoms with E-state index in [-0.39, 0.29) is 0 Å². The van der Waals surface area contributed by atoms with Gasteiger partial charge in [-0.2, -0.15) is 0 Å². The van der Waals surface area contributed by atoms with Crippen molar-refractivity contribution in [3.8, 4) is 5.75 Å². The number of methoxy groups -OCH3 is 1. The van der Waals surface area contributed by atoms with Gasteiger partial charge >= 0.3 is 0 Å². The third kappa shape index (κ3) is 1.75. The molecule has 1 aromatic rings. The fourth-order valence-corrected chi connectivity index (χ4v) is 2.43. The number of hydrogen-bond acceptors (Lipinski definition) is 2. The molecule has 0 N–H and O–H groups in total. The Bertz CT molecular complexity index is 427. The maximum Gasteiger partial charge on any atom is 0.153 e. The zero-order valence-corrected chi connectivity index (χ0v) is 10.5. The van der Waals surface area contributed by atoms with E-state index in [2.05, 4.69) is 15.9 Å². The summed E-state index contributed by atoms with van der Waals surface area (Å²) in [6.07, 6.45) is 2.37. The molecule has 4 heteroatoms. The summed E-state index contributed by atoms with van der Waals surface area (Å²) in [6.45, 7) is -0.405. The molecule has 0 saturated heterocycles. The van der Waals surface area contributed by atoms with Gasteiger partial charge in [-0.25, -0.2) is 0 Å². The number of carbonyl (C=O) groups excluding carboxylic acids is 1. The van der Waals surface area contributed by atoms with Gasteiger partial charge in [-0.3, -0.25) is 9.18 Å². The van der Waals surface area contributed by atoms with Crippen molar-refractivity contribution in [2.45, 2.75) is 18.3 Å². The van der Waals surface area contributed by atoms with E-state index >= 15 is 0 Å². The quantitative estimate of drug-likeness (QED) is 0.794. The highest BCUT2D eigenvalue weighted by molar-refractivity contribution is 9.10. The highest BCUT2D eigenvalue weighted by atomic mass is 79.9. The Morgan fingerprint density at radius 2 is 2.25 bits per heavy atom. The fraction of sp³-hybridized carbons (Fsp3) is 0.417. The van der Waals surface area contributed by atoms with E-state index in [0.29, 0.717) is 11.3 Å². The molecule has 1 saturated carbocycles. The first-order chi connectivity index (χ1) is 7.66. The topological polar surface area (TPSA) is 26.3 Å². The molecule has 0 heterocycles. The lowest BCUT2D eigenvalue weighted by atomic mass is 9.94. The lowest BCUT2D eigenvalue weighted by molar-refractivity contribution is 0.112. The molecule has 16 heavy (non-hydrogen) atoms. The number of benzene rings is 1. The Balaban J connectivity index is 2.59. The average molecular weight is 287 g/mol. The highest BCUT2D eigenvalue weighted by Crippen LogP contribution is 2.52. The summed E-state index contributed by atoms with van der Waals surface area (Å²) in [5.41, 5.74) is 0.841. The summed E-state index contributed by atoms with van der Waals surface area (Å²) in [4.78, 5) is 10.9. The maximum absolute atomic E-state index is 13.0. The second-order valence-corrected chi connectivity index (χ2v) is 5.02. The predicted molar refractivity (Wildman–Crippen MR) is 63.0 cm³/mol. The van der Waals surface area contributed by atoms with Crippen molar-refractivity contribution in [1.29, 1.82) is 0 Å². The fourth-order valence-electron chi connectivity index (χ4n) is 1.95. The van der Waals surface area contributed by atoms with Crippen LogP contribution < -0.4 is 4.74 Å². The van der Waals surface area contributed by atoms with Gasteiger partial charge in [0, 0.05) is 15.5 Å². The smallest absolute Gasteiger partial charge is 0.153 e. The molecule has 86 valence electrons. The monoisotopic (exact) mass is 286 g/mol. The molecular formula is C12H12BrFO2. The second kappa shape index (κ2) is 4.17. The standard InChI is InChI=1S/C12H12BrFO2/c1-16-11-8(6-15)4-9(13)5-10(11)12(7-14)2-3-12/h4-6H,2-3,7H2,1H3. The highest BCUT2D eigenvalue weighted by Gasteiger charge is 2.47. The number of alkyl halides is 1. The molecule has 1 aliphatic carbocycles. The van der Waals surface area contributed by atoms with Crippen LogP contribution in [-0.2, 0) is 5.41 Å². The van der Waals surface area contributed by atoms with E-state index < -0.39 is 12.1 Å². The van der Waals surface area contributed by atoms with Gasteiger partial charge in [0.2, 0.25) is 0 Å². The van der Waals surface area contributed by atoms with E-state index in [1.165, 1.54) is 7.11 Å². The number of carbonyl (C=O) groups is 1. The van der Waals surface area contributed by atoms with Crippen LogP contribution in [0.5, 0.6) is 5.75 Å². The van der Waals surface area contributed by atoms with Gasteiger partial charge in [0.1, 0.15) is 5.75 Å². The number of rotatable bonds is 4. The van der Waals surface area contributed by atoms with Gasteiger partial charge < -0.3 is 4.74 Å². The van der Waals surface area contributed by atoms with Crippen molar-refractivity contribution in [2.24, 2.45) is 0 Å². The van der Waals surface area contributed by atoms with Crippen LogP contribution in [-0.4, -0.2) is 20.1 Å². The molecule has 0 atom stereocenters. The summed E-state index contributed by atoms with van der Waals surface area (Å²) < 4.78 is 19.1. The molecule has 0 amide bonds. The molecule has 0 spiro atoms. The third-order valence-corrected chi connectivity index (χ3v) is 3.55. The first-order valence-electron chi connectivity index (χ1n) is 5.06. The lowest BCUT2D eigenvalue weighted by Crippen LogP contribution is -2.12. The molecule has 0 aliphatic heterocycles. The summed E-state index contributed by atoms with van der Waals surface area (Å²) >= 11 is 3.33. The Labute approximate surface area is 102 Å². The van der Waals surface area contributed by atoms with Crippen molar-refractivity contribution >= 4 is 22.2 Å². The largest absolute Gasteiger partial charge is 0.496 e. The molecule has 0 bridgehead atoms. The van der Waals surface area contributed by atoms with Crippen molar-refractivity contribution in [3.05, 3.63) is 27.7 Å². The van der Waals surface area contributed by atoms with Crippen molar-refractivity contribution in [3.63, 3.8) is 0 Å². The molecule has 0 aromatic heterocycles. The SMILES string of the molecule is COc1c(C=O)cc(Br)cc1C1(CF)CC1. The Hall–Kier alpha value is -0.900. The van der Waals surface area contributed by atoms with Crippen LogP contribution in [0.2, 0.25) is 0 Å². The Morgan fingerprint density at radius 3 is 2.69 bits per heavy atom. The molecular weight excluding hydrogens is 275 g/mol. The van der Waals surface area contributed by atoms with E-state index in [4.69, 9.17) is 4.74 Å². The van der Waals surface area contributed by atoms with Crippen molar-refractivity contribution in [2.75, 3.05) is 13.8 Å². The Morgan fingerprint density at radius 1 is 1.56 bits per heavy atom. The molecule has 1 fully saturated rings. The van der Waals surface area contributed by atoms with Crippen LogP contribution in [0.3, 0.4) is 0 Å². The maximum atomic E-state index is 13.0. The molecule has 1 aromatic carbocycles. The summed E-state index contributed by atoms with van der Waals surface area (Å²) in [6, 6.07) is 3.53. The van der Waals surface area contributed by atoms with Crippen LogP contribution in [0.15, 0.2) is 16.6 Å². The van der Waals surface area contributed by atoms with Gasteiger partial charge in [-0.1, -0.05) is 15.9 Å². The van der Waals surface area contributed by atoms with Gasteiger partial charge in [0.05, 0.1) is 19.3 Å². The summed E-state index contributed by atoms with van der Waals surface area (Å²) in [5.74, 6) is 0.508. The minimum absolute atomic E-state index is 0.405. The van der Waals surface area contributed by atoms with Gasteiger partial charge in [-0.15, -0.1) is 0 Å². The van der Waals surface area contributed by atoms with Crippen molar-refractivity contribution in [1.82, 2.24) is 0 Å². The number of ether oxygens (including phenoxy) is 1. The summed E-state index contributed by atoms with van der Waals surface area (Å²) in [5, 5.41) is 0. The molecule has 0 radical (unpaired) electrons. The second-order valence-electron chi connectivity index (χ2n) is 4.11. The predicted octanol–water partition coefficient (Wildman–Crippen LogP) is 3.27. The Kier molecular flexibility index (Phi) is 3.02. The minimum atomic E-state index is -0.424. The first-order valence-corrected chi connectivity index (χ1v) is 5.85. The van der Waals surface area contributed by atoms with Crippen molar-refractivity contribution < 1.29 is 13.9 Å². The minimum Gasteiger partial charge on any atom is -0.496 e. The number of halogens is 2. The van der Waals surface area contributed by atoms with E-state index in [9.17, 15) is 9.18 Å². The molecule has 2 nitrogen and oxygen atoms in total. The molecule has 1 aliphatic rings. The van der Waals surface area contributed by atoms with Gasteiger partial charge in [-0.05, 0) is 25.0 Å². The zero-order chi connectivity index (χ0) is 11.8. The lowest BCUT2D eigenvalue weighted by Gasteiger charge is -2.17. The van der Waals surface area contributed by atoms with Crippen LogP contribution in [0.4, 0.5) is 4.39 Å².